The van der Waals surface area contributed by atoms with Crippen molar-refractivity contribution in [2.75, 3.05) is 0 Å². The first-order valence-corrected chi connectivity index (χ1v) is 8.04. The number of hydrogen-bond donors (Lipinski definition) is 0. The second kappa shape index (κ2) is 5.86. The van der Waals surface area contributed by atoms with Gasteiger partial charge in [0.25, 0.3) is 0 Å². The molecule has 0 bridgehead atoms. The van der Waals surface area contributed by atoms with Crippen LogP contribution in [0.4, 0.5) is 0 Å². The summed E-state index contributed by atoms with van der Waals surface area (Å²) in [5.41, 5.74) is 4.52. The van der Waals surface area contributed by atoms with E-state index in [0.717, 1.165) is 39.2 Å². The van der Waals surface area contributed by atoms with Crippen molar-refractivity contribution in [3.05, 3.63) is 50.9 Å². The quantitative estimate of drug-likeness (QED) is 0.676. The Hall–Kier alpha value is -2.65. The molecule has 0 spiro atoms. The summed E-state index contributed by atoms with van der Waals surface area (Å²) >= 11 is 1.48. The lowest BCUT2D eigenvalue weighted by molar-refractivity contribution is 0.394. The van der Waals surface area contributed by atoms with Crippen LogP contribution in [0.25, 0.3) is 17.5 Å². The zero-order valence-corrected chi connectivity index (χ0v) is 14.2. The lowest BCUT2D eigenvalue weighted by Crippen LogP contribution is -1.99. The van der Waals surface area contributed by atoms with Gasteiger partial charge in [0, 0.05) is 28.5 Å². The molecule has 0 atom stereocenters. The average Bonchev–Trinajstić information content (AvgIpc) is 3.18. The van der Waals surface area contributed by atoms with Gasteiger partial charge in [-0.15, -0.1) is 11.3 Å². The first-order chi connectivity index (χ1) is 11.0. The Labute approximate surface area is 138 Å². The van der Waals surface area contributed by atoms with Crippen molar-refractivity contribution in [1.82, 2.24) is 14.7 Å². The van der Waals surface area contributed by atoms with Crippen LogP contribution in [-0.4, -0.2) is 14.7 Å². The molecule has 0 aliphatic rings. The molecule has 0 N–H and O–H groups in total. The monoisotopic (exact) mass is 324 g/mol. The molecule has 0 aliphatic heterocycles. The van der Waals surface area contributed by atoms with Gasteiger partial charge in [-0.2, -0.15) is 5.26 Å². The largest absolute Gasteiger partial charge is 0.360 e. The van der Waals surface area contributed by atoms with Crippen LogP contribution in [0.2, 0.25) is 0 Å². The zero-order chi connectivity index (χ0) is 16.6. The fraction of sp³-hybridized carbons (Fsp3) is 0.235. The molecule has 6 heteroatoms. The lowest BCUT2D eigenvalue weighted by Gasteiger charge is -2.04. The van der Waals surface area contributed by atoms with E-state index >= 15 is 0 Å². The minimum atomic E-state index is 0.569. The van der Waals surface area contributed by atoms with E-state index in [4.69, 9.17) is 4.52 Å². The summed E-state index contributed by atoms with van der Waals surface area (Å²) in [5, 5.41) is 16.2. The van der Waals surface area contributed by atoms with E-state index in [0.29, 0.717) is 5.57 Å². The highest BCUT2D eigenvalue weighted by Crippen LogP contribution is 2.26. The molecule has 0 fully saturated rings. The number of thiazole rings is 1. The maximum absolute atomic E-state index is 9.45. The molecule has 0 radical (unpaired) electrons. The van der Waals surface area contributed by atoms with Gasteiger partial charge in [0.2, 0.25) is 0 Å². The summed E-state index contributed by atoms with van der Waals surface area (Å²) in [5.74, 6) is 1.52. The van der Waals surface area contributed by atoms with E-state index in [-0.39, 0.29) is 0 Å². The molecule has 3 rings (SSSR count). The van der Waals surface area contributed by atoms with Gasteiger partial charge in [-0.1, -0.05) is 5.16 Å². The van der Waals surface area contributed by atoms with Crippen LogP contribution in [0.5, 0.6) is 0 Å². The van der Waals surface area contributed by atoms with Crippen molar-refractivity contribution >= 4 is 23.0 Å². The molecule has 0 unspecified atom stereocenters. The number of nitriles is 1. The minimum Gasteiger partial charge on any atom is -0.360 e. The van der Waals surface area contributed by atoms with Gasteiger partial charge in [0.1, 0.15) is 16.8 Å². The Kier molecular flexibility index (Phi) is 3.89. The average molecular weight is 324 g/mol. The molecule has 3 heterocycles. The smallest absolute Gasteiger partial charge is 0.180 e. The van der Waals surface area contributed by atoms with Crippen LogP contribution in [0.1, 0.15) is 33.4 Å². The Morgan fingerprint density at radius 1 is 1.30 bits per heavy atom. The van der Waals surface area contributed by atoms with Crippen LogP contribution in [-0.2, 0) is 0 Å². The van der Waals surface area contributed by atoms with Gasteiger partial charge >= 0.3 is 0 Å². The zero-order valence-electron chi connectivity index (χ0n) is 13.4. The Morgan fingerprint density at radius 2 is 2.09 bits per heavy atom. The number of nitrogens with zero attached hydrogens (tertiary/aromatic N) is 4. The fourth-order valence-electron chi connectivity index (χ4n) is 2.52. The number of rotatable bonds is 3. The van der Waals surface area contributed by atoms with Crippen molar-refractivity contribution in [2.24, 2.45) is 0 Å². The van der Waals surface area contributed by atoms with Crippen LogP contribution in [0.15, 0.2) is 22.0 Å². The first-order valence-electron chi connectivity index (χ1n) is 7.16. The summed E-state index contributed by atoms with van der Waals surface area (Å²) in [6.45, 7) is 7.80. The number of aromatic nitrogens is 3. The van der Waals surface area contributed by atoms with Crippen molar-refractivity contribution in [3.63, 3.8) is 0 Å². The normalized spacial score (nSPS) is 11.7. The van der Waals surface area contributed by atoms with Gasteiger partial charge in [-0.3, -0.25) is 4.57 Å². The van der Waals surface area contributed by atoms with Crippen LogP contribution < -0.4 is 0 Å². The Morgan fingerprint density at radius 3 is 2.65 bits per heavy atom. The highest BCUT2D eigenvalue weighted by Gasteiger charge is 2.14. The topological polar surface area (TPSA) is 67.6 Å². The third-order valence-electron chi connectivity index (χ3n) is 3.58. The van der Waals surface area contributed by atoms with E-state index < -0.39 is 0 Å². The third kappa shape index (κ3) is 2.83. The second-order valence-corrected chi connectivity index (χ2v) is 6.28. The summed E-state index contributed by atoms with van der Waals surface area (Å²) in [6, 6.07) is 6.18. The van der Waals surface area contributed by atoms with Crippen molar-refractivity contribution in [2.45, 2.75) is 27.7 Å². The van der Waals surface area contributed by atoms with E-state index in [9.17, 15) is 5.26 Å². The number of aryl methyl sites for hydroxylation is 3. The second-order valence-electron chi connectivity index (χ2n) is 5.42. The molecule has 5 nitrogen and oxygen atoms in total. The summed E-state index contributed by atoms with van der Waals surface area (Å²) in [7, 11) is 0. The summed E-state index contributed by atoms with van der Waals surface area (Å²) in [4.78, 5) is 4.39. The molecule has 116 valence electrons. The number of allylic oxidation sites excluding steroid dienone is 1. The SMILES string of the molecule is Cc1csc(/C(C#N)=C/c2cc(C)n(-c3cc(C)on3)c2C)n1. The third-order valence-corrected chi connectivity index (χ3v) is 4.58. The highest BCUT2D eigenvalue weighted by molar-refractivity contribution is 7.11. The maximum atomic E-state index is 9.45. The molecule has 23 heavy (non-hydrogen) atoms. The molecule has 3 aromatic heterocycles. The van der Waals surface area contributed by atoms with Crippen LogP contribution >= 0.6 is 11.3 Å². The van der Waals surface area contributed by atoms with Crippen molar-refractivity contribution in [1.29, 1.82) is 5.26 Å². The summed E-state index contributed by atoms with van der Waals surface area (Å²) in [6.07, 6.45) is 1.88. The summed E-state index contributed by atoms with van der Waals surface area (Å²) < 4.78 is 7.18. The van der Waals surface area contributed by atoms with Crippen LogP contribution in [0.3, 0.4) is 0 Å². The molecular formula is C17H16N4OS. The van der Waals surface area contributed by atoms with E-state index in [2.05, 4.69) is 16.2 Å². The van der Waals surface area contributed by atoms with Gasteiger partial charge in [-0.05, 0) is 45.4 Å². The van der Waals surface area contributed by atoms with Crippen molar-refractivity contribution in [3.8, 4) is 11.9 Å². The van der Waals surface area contributed by atoms with Gasteiger partial charge in [-0.25, -0.2) is 4.98 Å². The van der Waals surface area contributed by atoms with Crippen molar-refractivity contribution < 1.29 is 4.52 Å². The maximum Gasteiger partial charge on any atom is 0.180 e. The Bertz CT molecular complexity index is 936. The molecule has 0 aromatic carbocycles. The number of hydrogen-bond acceptors (Lipinski definition) is 5. The molecule has 0 amide bonds. The van der Waals surface area contributed by atoms with Gasteiger partial charge < -0.3 is 4.52 Å². The van der Waals surface area contributed by atoms with E-state index in [1.165, 1.54) is 11.3 Å². The molecule has 0 saturated carbocycles. The fourth-order valence-corrected chi connectivity index (χ4v) is 3.28. The predicted molar refractivity (Wildman–Crippen MR) is 90.4 cm³/mol. The molecular weight excluding hydrogens is 308 g/mol. The van der Waals surface area contributed by atoms with Gasteiger partial charge in [0.15, 0.2) is 5.82 Å². The predicted octanol–water partition coefficient (Wildman–Crippen LogP) is 4.22. The van der Waals surface area contributed by atoms with E-state index in [1.807, 2.05) is 55.9 Å². The first kappa shape index (κ1) is 15.3. The lowest BCUT2D eigenvalue weighted by atomic mass is 10.1. The minimum absolute atomic E-state index is 0.569. The van der Waals surface area contributed by atoms with E-state index in [1.54, 1.807) is 0 Å². The van der Waals surface area contributed by atoms with Crippen LogP contribution in [0, 0.1) is 39.0 Å². The van der Waals surface area contributed by atoms with Gasteiger partial charge in [0.05, 0.1) is 5.57 Å². The Balaban J connectivity index is 2.08. The molecule has 0 saturated heterocycles. The highest BCUT2D eigenvalue weighted by atomic mass is 32.1. The molecule has 3 aromatic rings. The standard InChI is InChI=1S/C17H16N4OS/c1-10-9-23-17(19-10)15(8-18)7-14-5-11(2)21(13(14)4)16-6-12(3)22-20-16/h5-7,9H,1-4H3/b15-7+. The molecule has 0 aliphatic carbocycles.